The van der Waals surface area contributed by atoms with Gasteiger partial charge < -0.3 is 9.47 Å². The number of rotatable bonds is 2. The Morgan fingerprint density at radius 1 is 0.880 bits per heavy atom. The fraction of sp³-hybridized carbons (Fsp3) is 0.222. The molecule has 0 atom stereocenters. The predicted octanol–water partition coefficient (Wildman–Crippen LogP) is 4.16. The van der Waals surface area contributed by atoms with Crippen LogP contribution in [0.1, 0.15) is 24.3 Å². The van der Waals surface area contributed by atoms with Gasteiger partial charge in [-0.1, -0.05) is 29.3 Å². The third kappa shape index (κ3) is 2.94. The molecule has 2 aromatic carbocycles. The minimum atomic E-state index is -0.258. The van der Waals surface area contributed by atoms with E-state index in [2.05, 4.69) is 0 Å². The van der Waals surface area contributed by atoms with Crippen molar-refractivity contribution < 1.29 is 19.1 Å². The molecule has 7 heteroatoms. The van der Waals surface area contributed by atoms with Crippen LogP contribution in [-0.4, -0.2) is 18.6 Å². The van der Waals surface area contributed by atoms with Gasteiger partial charge in [0.1, 0.15) is 0 Å². The maximum Gasteiger partial charge on any atom is 0.234 e. The molecule has 2 aliphatic rings. The Kier molecular flexibility index (Phi) is 4.06. The fourth-order valence-electron chi connectivity index (χ4n) is 3.13. The van der Waals surface area contributed by atoms with Crippen molar-refractivity contribution in [3.05, 3.63) is 52.0 Å². The average Bonchev–Trinajstić information content (AvgIpc) is 3.04. The molecule has 2 amide bonds. The van der Waals surface area contributed by atoms with Crippen molar-refractivity contribution in [2.45, 2.75) is 18.8 Å². The van der Waals surface area contributed by atoms with E-state index in [1.165, 1.54) is 4.90 Å². The number of benzene rings is 2. The topological polar surface area (TPSA) is 55.8 Å². The van der Waals surface area contributed by atoms with Gasteiger partial charge in [0.15, 0.2) is 11.5 Å². The van der Waals surface area contributed by atoms with Crippen LogP contribution in [0.3, 0.4) is 0 Å². The van der Waals surface area contributed by atoms with Crippen molar-refractivity contribution in [2.75, 3.05) is 11.7 Å². The molecule has 0 N–H and O–H groups in total. The standard InChI is InChI=1S/C18H13Cl2NO4/c19-13-3-1-10(5-14(13)20)11-6-17(22)21(18(23)7-11)12-2-4-15-16(8-12)25-9-24-15/h1-5,8,11H,6-7,9H2. The van der Waals surface area contributed by atoms with Crippen LogP contribution in [0.5, 0.6) is 11.5 Å². The van der Waals surface area contributed by atoms with Crippen LogP contribution in [0.15, 0.2) is 36.4 Å². The molecule has 4 rings (SSSR count). The van der Waals surface area contributed by atoms with Crippen molar-refractivity contribution >= 4 is 40.7 Å². The number of imide groups is 1. The summed E-state index contributed by atoms with van der Waals surface area (Å²) in [5.41, 5.74) is 1.33. The quantitative estimate of drug-likeness (QED) is 0.737. The zero-order valence-electron chi connectivity index (χ0n) is 13.0. The minimum absolute atomic E-state index is 0.139. The zero-order valence-corrected chi connectivity index (χ0v) is 14.5. The Labute approximate surface area is 154 Å². The second kappa shape index (κ2) is 6.24. The Bertz CT molecular complexity index is 865. The highest BCUT2D eigenvalue weighted by atomic mass is 35.5. The summed E-state index contributed by atoms with van der Waals surface area (Å²) in [6.07, 6.45) is 0.441. The summed E-state index contributed by atoms with van der Waals surface area (Å²) in [7, 11) is 0. The predicted molar refractivity (Wildman–Crippen MR) is 93.5 cm³/mol. The van der Waals surface area contributed by atoms with Gasteiger partial charge in [0.25, 0.3) is 0 Å². The first-order valence-electron chi connectivity index (χ1n) is 7.73. The molecule has 5 nitrogen and oxygen atoms in total. The normalized spacial score (nSPS) is 17.3. The molecule has 2 aliphatic heterocycles. The third-order valence-electron chi connectivity index (χ3n) is 4.37. The number of carbonyl (C=O) groups is 2. The summed E-state index contributed by atoms with van der Waals surface area (Å²) in [4.78, 5) is 26.4. The number of anilines is 1. The van der Waals surface area contributed by atoms with Crippen LogP contribution < -0.4 is 14.4 Å². The van der Waals surface area contributed by atoms with Crippen molar-refractivity contribution in [3.63, 3.8) is 0 Å². The van der Waals surface area contributed by atoms with Crippen molar-refractivity contribution in [1.29, 1.82) is 0 Å². The molecule has 0 spiro atoms. The van der Waals surface area contributed by atoms with E-state index in [1.54, 1.807) is 36.4 Å². The molecule has 2 heterocycles. The Hall–Kier alpha value is -2.24. The van der Waals surface area contributed by atoms with E-state index in [9.17, 15) is 9.59 Å². The summed E-state index contributed by atoms with van der Waals surface area (Å²) in [6, 6.07) is 10.2. The number of carbonyl (C=O) groups excluding carboxylic acids is 2. The van der Waals surface area contributed by atoms with E-state index in [-0.39, 0.29) is 37.4 Å². The van der Waals surface area contributed by atoms with Crippen LogP contribution in [0.25, 0.3) is 0 Å². The van der Waals surface area contributed by atoms with Gasteiger partial charge in [-0.05, 0) is 29.8 Å². The van der Waals surface area contributed by atoms with E-state index in [0.717, 1.165) is 5.56 Å². The van der Waals surface area contributed by atoms with Crippen LogP contribution in [0.2, 0.25) is 10.0 Å². The first-order valence-corrected chi connectivity index (χ1v) is 8.49. The molecule has 0 bridgehead atoms. The zero-order chi connectivity index (χ0) is 17.6. The Morgan fingerprint density at radius 3 is 2.32 bits per heavy atom. The Balaban J connectivity index is 1.59. The molecule has 25 heavy (non-hydrogen) atoms. The van der Waals surface area contributed by atoms with Gasteiger partial charge in [-0.3, -0.25) is 14.5 Å². The highest BCUT2D eigenvalue weighted by molar-refractivity contribution is 6.42. The summed E-state index contributed by atoms with van der Waals surface area (Å²) in [5, 5.41) is 0.859. The number of amides is 2. The van der Waals surface area contributed by atoms with Gasteiger partial charge in [-0.2, -0.15) is 0 Å². The van der Waals surface area contributed by atoms with Crippen molar-refractivity contribution in [1.82, 2.24) is 0 Å². The lowest BCUT2D eigenvalue weighted by atomic mass is 9.88. The number of halogens is 2. The van der Waals surface area contributed by atoms with E-state index < -0.39 is 0 Å². The van der Waals surface area contributed by atoms with Crippen LogP contribution in [-0.2, 0) is 9.59 Å². The maximum atomic E-state index is 12.6. The molecule has 0 aliphatic carbocycles. The van der Waals surface area contributed by atoms with Crippen molar-refractivity contribution in [2.24, 2.45) is 0 Å². The van der Waals surface area contributed by atoms with Crippen LogP contribution in [0, 0.1) is 0 Å². The molecule has 0 unspecified atom stereocenters. The van der Waals surface area contributed by atoms with E-state index >= 15 is 0 Å². The number of nitrogens with zero attached hydrogens (tertiary/aromatic N) is 1. The lowest BCUT2D eigenvalue weighted by molar-refractivity contribution is -0.129. The number of piperidine rings is 1. The summed E-state index contributed by atoms with van der Waals surface area (Å²) < 4.78 is 10.6. The number of hydrogen-bond donors (Lipinski definition) is 0. The number of fused-ring (bicyclic) bond motifs is 1. The van der Waals surface area contributed by atoms with E-state index in [1.807, 2.05) is 0 Å². The molecular formula is C18H13Cl2NO4. The van der Waals surface area contributed by atoms with E-state index in [0.29, 0.717) is 27.2 Å². The second-order valence-corrected chi connectivity index (χ2v) is 6.75. The summed E-state index contributed by atoms with van der Waals surface area (Å²) in [6.45, 7) is 0.139. The fourth-order valence-corrected chi connectivity index (χ4v) is 3.44. The second-order valence-electron chi connectivity index (χ2n) is 5.94. The molecular weight excluding hydrogens is 365 g/mol. The molecule has 0 aromatic heterocycles. The molecule has 128 valence electrons. The van der Waals surface area contributed by atoms with Gasteiger partial charge in [0.05, 0.1) is 15.7 Å². The third-order valence-corrected chi connectivity index (χ3v) is 5.11. The largest absolute Gasteiger partial charge is 0.454 e. The first-order chi connectivity index (χ1) is 12.0. The van der Waals surface area contributed by atoms with Crippen LogP contribution in [0.4, 0.5) is 5.69 Å². The number of ether oxygens (including phenoxy) is 2. The lowest BCUT2D eigenvalue weighted by Gasteiger charge is -2.30. The van der Waals surface area contributed by atoms with Gasteiger partial charge in [0.2, 0.25) is 18.6 Å². The van der Waals surface area contributed by atoms with Gasteiger partial charge in [0, 0.05) is 24.8 Å². The molecule has 1 fully saturated rings. The van der Waals surface area contributed by atoms with Gasteiger partial charge in [-0.15, -0.1) is 0 Å². The highest BCUT2D eigenvalue weighted by Gasteiger charge is 2.35. The Morgan fingerprint density at radius 2 is 1.60 bits per heavy atom. The highest BCUT2D eigenvalue weighted by Crippen LogP contribution is 2.39. The lowest BCUT2D eigenvalue weighted by Crippen LogP contribution is -2.42. The summed E-state index contributed by atoms with van der Waals surface area (Å²) >= 11 is 12.0. The van der Waals surface area contributed by atoms with Crippen molar-refractivity contribution in [3.8, 4) is 11.5 Å². The minimum Gasteiger partial charge on any atom is -0.454 e. The van der Waals surface area contributed by atoms with Gasteiger partial charge in [-0.25, -0.2) is 0 Å². The summed E-state index contributed by atoms with van der Waals surface area (Å²) in [5.74, 6) is 0.413. The molecule has 2 aromatic rings. The molecule has 0 saturated carbocycles. The average molecular weight is 378 g/mol. The van der Waals surface area contributed by atoms with E-state index in [4.69, 9.17) is 32.7 Å². The number of hydrogen-bond acceptors (Lipinski definition) is 4. The maximum absolute atomic E-state index is 12.6. The monoisotopic (exact) mass is 377 g/mol. The molecule has 0 radical (unpaired) electrons. The van der Waals surface area contributed by atoms with Gasteiger partial charge >= 0.3 is 0 Å². The first kappa shape index (κ1) is 16.2. The van der Waals surface area contributed by atoms with Crippen LogP contribution >= 0.6 is 23.2 Å². The molecule has 1 saturated heterocycles. The SMILES string of the molecule is O=C1CC(c2ccc(Cl)c(Cl)c2)CC(=O)N1c1ccc2c(c1)OCO2. The smallest absolute Gasteiger partial charge is 0.234 e.